The van der Waals surface area contributed by atoms with Gasteiger partial charge in [-0.25, -0.2) is 9.18 Å². The summed E-state index contributed by atoms with van der Waals surface area (Å²) in [7, 11) is 1.48. The molecule has 2 aromatic carbocycles. The van der Waals surface area contributed by atoms with E-state index in [1.807, 2.05) is 0 Å². The van der Waals surface area contributed by atoms with Crippen molar-refractivity contribution >= 4 is 11.9 Å². The van der Waals surface area contributed by atoms with Crippen molar-refractivity contribution in [2.24, 2.45) is 0 Å². The molecular formula is C20H22FNO5. The lowest BCUT2D eigenvalue weighted by Gasteiger charge is -2.10. The van der Waals surface area contributed by atoms with Crippen LogP contribution in [0.2, 0.25) is 0 Å². The van der Waals surface area contributed by atoms with E-state index in [1.54, 1.807) is 18.2 Å². The highest BCUT2D eigenvalue weighted by molar-refractivity contribution is 5.88. The Bertz CT molecular complexity index is 776. The van der Waals surface area contributed by atoms with E-state index in [4.69, 9.17) is 14.6 Å². The molecule has 0 aliphatic heterocycles. The maximum absolute atomic E-state index is 12.8. The molecule has 0 unspecified atom stereocenters. The van der Waals surface area contributed by atoms with E-state index in [2.05, 4.69) is 5.32 Å². The number of ether oxygens (including phenoxy) is 2. The fourth-order valence-corrected chi connectivity index (χ4v) is 2.46. The van der Waals surface area contributed by atoms with Crippen LogP contribution in [0.5, 0.6) is 11.5 Å². The molecule has 0 saturated carbocycles. The quantitative estimate of drug-likeness (QED) is 0.624. The average molecular weight is 375 g/mol. The minimum absolute atomic E-state index is 0.0983. The van der Waals surface area contributed by atoms with Gasteiger partial charge in [-0.05, 0) is 54.8 Å². The zero-order valence-electron chi connectivity index (χ0n) is 15.0. The molecule has 0 atom stereocenters. The van der Waals surface area contributed by atoms with Crippen molar-refractivity contribution in [3.63, 3.8) is 0 Å². The molecule has 0 fully saturated rings. The normalized spacial score (nSPS) is 10.3. The number of carbonyl (C=O) groups excluding carboxylic acids is 1. The third-order valence-corrected chi connectivity index (χ3v) is 3.88. The van der Waals surface area contributed by atoms with Gasteiger partial charge in [0.25, 0.3) is 0 Å². The Hall–Kier alpha value is -3.09. The van der Waals surface area contributed by atoms with E-state index in [-0.39, 0.29) is 17.3 Å². The van der Waals surface area contributed by atoms with Gasteiger partial charge in [0, 0.05) is 13.0 Å². The zero-order valence-corrected chi connectivity index (χ0v) is 15.0. The fourth-order valence-electron chi connectivity index (χ4n) is 2.46. The smallest absolute Gasteiger partial charge is 0.335 e. The molecule has 0 radical (unpaired) electrons. The van der Waals surface area contributed by atoms with Crippen molar-refractivity contribution in [3.05, 3.63) is 59.4 Å². The molecule has 2 aromatic rings. The first-order valence-electron chi connectivity index (χ1n) is 8.55. The number of rotatable bonds is 10. The largest absolute Gasteiger partial charge is 0.496 e. The molecule has 27 heavy (non-hydrogen) atoms. The number of hydrogen-bond acceptors (Lipinski definition) is 4. The average Bonchev–Trinajstić information content (AvgIpc) is 2.66. The fraction of sp³-hybridized carbons (Fsp3) is 0.300. The van der Waals surface area contributed by atoms with Crippen LogP contribution in [0, 0.1) is 5.82 Å². The number of carboxylic acids is 1. The van der Waals surface area contributed by atoms with Crippen LogP contribution in [0.3, 0.4) is 0 Å². The lowest BCUT2D eigenvalue weighted by atomic mass is 10.1. The SMILES string of the molecule is COc1cc(C(=O)O)ccc1CCNC(=O)CCCOc1ccc(F)cc1. The molecule has 0 spiro atoms. The Morgan fingerprint density at radius 3 is 2.56 bits per heavy atom. The Labute approximate surface area is 156 Å². The van der Waals surface area contributed by atoms with Gasteiger partial charge in [0.15, 0.2) is 0 Å². The molecular weight excluding hydrogens is 353 g/mol. The molecule has 0 saturated heterocycles. The van der Waals surface area contributed by atoms with Crippen molar-refractivity contribution in [1.29, 1.82) is 0 Å². The van der Waals surface area contributed by atoms with Crippen LogP contribution < -0.4 is 14.8 Å². The Kier molecular flexibility index (Phi) is 7.61. The number of carboxylic acid groups (broad SMARTS) is 1. The number of aromatic carboxylic acids is 1. The third-order valence-electron chi connectivity index (χ3n) is 3.88. The van der Waals surface area contributed by atoms with Crippen LogP contribution in [-0.4, -0.2) is 37.2 Å². The van der Waals surface area contributed by atoms with Gasteiger partial charge in [-0.15, -0.1) is 0 Å². The van der Waals surface area contributed by atoms with Crippen LogP contribution in [0.1, 0.15) is 28.8 Å². The molecule has 6 nitrogen and oxygen atoms in total. The van der Waals surface area contributed by atoms with E-state index < -0.39 is 5.97 Å². The summed E-state index contributed by atoms with van der Waals surface area (Å²) in [5.41, 5.74) is 0.975. The van der Waals surface area contributed by atoms with Crippen LogP contribution >= 0.6 is 0 Å². The highest BCUT2D eigenvalue weighted by Gasteiger charge is 2.09. The maximum atomic E-state index is 12.8. The second kappa shape index (κ2) is 10.2. The number of hydrogen-bond donors (Lipinski definition) is 2. The molecule has 144 valence electrons. The number of benzene rings is 2. The summed E-state index contributed by atoms with van der Waals surface area (Å²) < 4.78 is 23.4. The van der Waals surface area contributed by atoms with Crippen molar-refractivity contribution < 1.29 is 28.6 Å². The highest BCUT2D eigenvalue weighted by Crippen LogP contribution is 2.20. The highest BCUT2D eigenvalue weighted by atomic mass is 19.1. The van der Waals surface area contributed by atoms with Gasteiger partial charge in [-0.1, -0.05) is 6.07 Å². The van der Waals surface area contributed by atoms with Gasteiger partial charge in [-0.2, -0.15) is 0 Å². The number of halogens is 1. The molecule has 0 heterocycles. The molecule has 0 aliphatic rings. The second-order valence-electron chi connectivity index (χ2n) is 5.84. The van der Waals surface area contributed by atoms with Crippen LogP contribution in [0.4, 0.5) is 4.39 Å². The molecule has 0 aromatic heterocycles. The summed E-state index contributed by atoms with van der Waals surface area (Å²) in [6.45, 7) is 0.782. The van der Waals surface area contributed by atoms with Crippen LogP contribution in [0.15, 0.2) is 42.5 Å². The summed E-state index contributed by atoms with van der Waals surface area (Å²) in [5.74, 6) is -0.392. The lowest BCUT2D eigenvalue weighted by molar-refractivity contribution is -0.121. The summed E-state index contributed by atoms with van der Waals surface area (Å²) in [4.78, 5) is 22.8. The van der Waals surface area contributed by atoms with E-state index in [9.17, 15) is 14.0 Å². The van der Waals surface area contributed by atoms with E-state index in [0.717, 1.165) is 5.56 Å². The topological polar surface area (TPSA) is 84.9 Å². The monoisotopic (exact) mass is 375 g/mol. The molecule has 1 amide bonds. The number of carbonyl (C=O) groups is 2. The van der Waals surface area contributed by atoms with Crippen molar-refractivity contribution in [2.45, 2.75) is 19.3 Å². The van der Waals surface area contributed by atoms with E-state index in [0.29, 0.717) is 43.9 Å². The predicted octanol–water partition coefficient (Wildman–Crippen LogP) is 3.05. The van der Waals surface area contributed by atoms with Gasteiger partial charge >= 0.3 is 5.97 Å². The van der Waals surface area contributed by atoms with Crippen molar-refractivity contribution in [2.75, 3.05) is 20.3 Å². The Morgan fingerprint density at radius 1 is 1.15 bits per heavy atom. The van der Waals surface area contributed by atoms with Crippen molar-refractivity contribution in [3.8, 4) is 11.5 Å². The standard InChI is InChI=1S/C20H22FNO5/c1-26-18-13-15(20(24)25)5-4-14(18)10-11-22-19(23)3-2-12-27-17-8-6-16(21)7-9-17/h4-9,13H,2-3,10-12H2,1H3,(H,22,23)(H,24,25). The predicted molar refractivity (Wildman–Crippen MR) is 97.8 cm³/mol. The summed E-state index contributed by atoms with van der Waals surface area (Å²) in [6.07, 6.45) is 1.39. The summed E-state index contributed by atoms with van der Waals surface area (Å²) >= 11 is 0. The zero-order chi connectivity index (χ0) is 19.6. The second-order valence-corrected chi connectivity index (χ2v) is 5.84. The molecule has 0 aliphatic carbocycles. The van der Waals surface area contributed by atoms with Crippen molar-refractivity contribution in [1.82, 2.24) is 5.32 Å². The Morgan fingerprint density at radius 2 is 1.89 bits per heavy atom. The first-order chi connectivity index (χ1) is 13.0. The lowest BCUT2D eigenvalue weighted by Crippen LogP contribution is -2.26. The molecule has 0 bridgehead atoms. The Balaban J connectivity index is 1.68. The van der Waals surface area contributed by atoms with Gasteiger partial charge in [0.05, 0.1) is 19.3 Å². The minimum Gasteiger partial charge on any atom is -0.496 e. The number of methoxy groups -OCH3 is 1. The maximum Gasteiger partial charge on any atom is 0.335 e. The van der Waals surface area contributed by atoms with Gasteiger partial charge in [-0.3, -0.25) is 4.79 Å². The molecule has 2 rings (SSSR count). The number of nitrogens with one attached hydrogen (secondary N) is 1. The van der Waals surface area contributed by atoms with E-state index in [1.165, 1.54) is 31.4 Å². The van der Waals surface area contributed by atoms with Crippen LogP contribution in [0.25, 0.3) is 0 Å². The number of amides is 1. The third kappa shape index (κ3) is 6.62. The summed E-state index contributed by atoms with van der Waals surface area (Å²) in [5, 5.41) is 11.8. The summed E-state index contributed by atoms with van der Waals surface area (Å²) in [6, 6.07) is 10.4. The first-order valence-corrected chi connectivity index (χ1v) is 8.55. The van der Waals surface area contributed by atoms with Gasteiger partial charge in [0.2, 0.25) is 5.91 Å². The van der Waals surface area contributed by atoms with Gasteiger partial charge < -0.3 is 19.9 Å². The van der Waals surface area contributed by atoms with E-state index >= 15 is 0 Å². The first kappa shape index (κ1) is 20.2. The van der Waals surface area contributed by atoms with Crippen LogP contribution in [-0.2, 0) is 11.2 Å². The molecule has 7 heteroatoms. The minimum atomic E-state index is -1.02. The molecule has 2 N–H and O–H groups in total. The van der Waals surface area contributed by atoms with Gasteiger partial charge in [0.1, 0.15) is 17.3 Å².